The Morgan fingerprint density at radius 2 is 0.241 bits per heavy atom. The zero-order valence-corrected chi connectivity index (χ0v) is 34.3. The Morgan fingerprint density at radius 3 is 0.276 bits per heavy atom. The zero-order valence-electron chi connectivity index (χ0n) is 26.9. The van der Waals surface area contributed by atoms with Crippen LogP contribution in [0.5, 0.6) is 0 Å². The molecule has 0 atom stereocenters. The predicted molar refractivity (Wildman–Crippen MR) is 163 cm³/mol. The van der Waals surface area contributed by atoms with Gasteiger partial charge in [-0.25, -0.2) is 57.5 Å². The van der Waals surface area contributed by atoms with Crippen molar-refractivity contribution in [3.63, 3.8) is 0 Å². The number of benzene rings is 3. The molecule has 58 heavy (non-hydrogen) atoms. The van der Waals surface area contributed by atoms with E-state index in [0.29, 0.717) is 36.4 Å². The Morgan fingerprint density at radius 1 is 0.190 bits per heavy atom. The molecular formula is C30H18Er4O24. The van der Waals surface area contributed by atoms with Crippen LogP contribution in [-0.4, -0.2) is 133 Å². The summed E-state index contributed by atoms with van der Waals surface area (Å²) in [6.45, 7) is 0. The fourth-order valence-electron chi connectivity index (χ4n) is 3.92. The molecule has 0 aliphatic carbocycles. The molecule has 24 nitrogen and oxygen atoms in total. The van der Waals surface area contributed by atoms with Crippen LogP contribution in [0.1, 0.15) is 124 Å². The van der Waals surface area contributed by atoms with Crippen LogP contribution in [0, 0.1) is 149 Å². The molecular weight excluding hydrogens is 1410 g/mol. The molecule has 0 radical (unpaired) electrons. The van der Waals surface area contributed by atoms with E-state index in [9.17, 15) is 57.5 Å². The van der Waals surface area contributed by atoms with Crippen LogP contribution in [0.4, 0.5) is 0 Å². The topological polar surface area (TPSA) is 448 Å². The second-order valence-electron chi connectivity index (χ2n) is 9.49. The zero-order chi connectivity index (χ0) is 42.1. The van der Waals surface area contributed by atoms with Crippen molar-refractivity contribution < 1.29 is 268 Å². The van der Waals surface area contributed by atoms with Gasteiger partial charge in [0.05, 0.1) is 66.8 Å². The van der Waals surface area contributed by atoms with E-state index in [-0.39, 0.29) is 149 Å². The Bertz CT molecular complexity index is 1690. The van der Waals surface area contributed by atoms with Crippen molar-refractivity contribution in [1.82, 2.24) is 0 Å². The van der Waals surface area contributed by atoms with Gasteiger partial charge in [0.1, 0.15) is 0 Å². The molecule has 330 valence electrons. The average Bonchev–Trinajstić information content (AvgIpc) is 3.06. The first-order valence-electron chi connectivity index (χ1n) is 13.1. The average molecular weight is 1430 g/mol. The van der Waals surface area contributed by atoms with Crippen molar-refractivity contribution in [2.45, 2.75) is 0 Å². The van der Waals surface area contributed by atoms with Gasteiger partial charge in [-0.15, -0.1) is 0 Å². The maximum atomic E-state index is 10.8. The van der Waals surface area contributed by atoms with Gasteiger partial charge in [-0.3, -0.25) is 0 Å². The van der Waals surface area contributed by atoms with Crippen LogP contribution in [-0.2, 0) is 0 Å². The molecule has 0 fully saturated rings. The summed E-state index contributed by atoms with van der Waals surface area (Å²) in [6, 6.07) is 3.07. The first-order chi connectivity index (χ1) is 24.8. The molecule has 0 aromatic heterocycles. The number of hydrogen-bond donors (Lipinski definition) is 12. The normalized spacial score (nSPS) is 9.10. The van der Waals surface area contributed by atoms with Crippen LogP contribution in [0.2, 0.25) is 0 Å². The molecule has 0 heterocycles. The number of rotatable bonds is 12. The smallest absolute Gasteiger partial charge is 0.336 e. The molecule has 0 saturated heterocycles. The van der Waals surface area contributed by atoms with Crippen molar-refractivity contribution in [2.24, 2.45) is 0 Å². The van der Waals surface area contributed by atoms with E-state index in [1.54, 1.807) is 0 Å². The second kappa shape index (κ2) is 26.4. The fourth-order valence-corrected chi connectivity index (χ4v) is 3.92. The molecule has 12 N–H and O–H groups in total. The van der Waals surface area contributed by atoms with Crippen LogP contribution in [0.25, 0.3) is 0 Å². The van der Waals surface area contributed by atoms with Gasteiger partial charge < -0.3 is 61.3 Å². The van der Waals surface area contributed by atoms with Crippen molar-refractivity contribution in [3.8, 4) is 0 Å². The SMILES string of the molecule is O=C(O)c1cc(C(=O)O)c(C(=O)O)cc1C(=O)O.O=C(O)c1cc(C(=O)O)c(C(=O)O)cc1C(=O)O.O=C(O)c1cc(C(=O)O)c(C(=O)O)cc1C(=O)O.[Er].[Er].[Er].[Er]. The van der Waals surface area contributed by atoms with Gasteiger partial charge in [-0.2, -0.15) is 0 Å². The predicted octanol–water partition coefficient (Wildman–Crippen LogP) is 1.44. The van der Waals surface area contributed by atoms with Gasteiger partial charge in [-0.1, -0.05) is 0 Å². The summed E-state index contributed by atoms with van der Waals surface area (Å²) in [5, 5.41) is 105. The monoisotopic (exact) mass is 1430 g/mol. The Kier molecular flexibility index (Phi) is 27.7. The third kappa shape index (κ3) is 16.1. The number of carbonyl (C=O) groups is 12. The third-order valence-electron chi connectivity index (χ3n) is 6.24. The van der Waals surface area contributed by atoms with E-state index < -0.39 is 138 Å². The van der Waals surface area contributed by atoms with Crippen LogP contribution in [0.15, 0.2) is 36.4 Å². The minimum absolute atomic E-state index is 0. The minimum Gasteiger partial charge on any atom is -0.478 e. The van der Waals surface area contributed by atoms with Crippen molar-refractivity contribution in [1.29, 1.82) is 0 Å². The van der Waals surface area contributed by atoms with E-state index in [0.717, 1.165) is 0 Å². The van der Waals surface area contributed by atoms with Gasteiger partial charge in [-0.05, 0) is 36.4 Å². The first kappa shape index (κ1) is 61.0. The molecule has 0 aliphatic heterocycles. The Hall–Kier alpha value is -3.71. The molecule has 0 aliphatic rings. The molecule has 3 aromatic carbocycles. The number of carboxylic acids is 12. The fraction of sp³-hybridized carbons (Fsp3) is 0. The minimum atomic E-state index is -1.66. The number of hydrogen-bond acceptors (Lipinski definition) is 12. The maximum Gasteiger partial charge on any atom is 0.336 e. The molecule has 0 saturated carbocycles. The quantitative estimate of drug-likeness (QED) is 0.122. The Labute approximate surface area is 436 Å². The molecule has 0 unspecified atom stereocenters. The van der Waals surface area contributed by atoms with Crippen LogP contribution < -0.4 is 0 Å². The second-order valence-corrected chi connectivity index (χ2v) is 9.49. The summed E-state index contributed by atoms with van der Waals surface area (Å²) in [5.41, 5.74) is -9.45. The van der Waals surface area contributed by atoms with Gasteiger partial charge in [0.25, 0.3) is 0 Å². The summed E-state index contributed by atoms with van der Waals surface area (Å²) >= 11 is 0. The number of carboxylic acid groups (broad SMARTS) is 12. The van der Waals surface area contributed by atoms with Gasteiger partial charge in [0.15, 0.2) is 0 Å². The molecule has 3 aromatic rings. The molecule has 3 rings (SSSR count). The standard InChI is InChI=1S/3C10H6O8.4Er/c3*11-7(12)3-1-4(8(13)14)6(10(17)18)2-5(3)9(15)16;;;;/h3*1-2H,(H,11,12)(H,13,14)(H,15,16)(H,17,18);;;;. The largest absolute Gasteiger partial charge is 0.478 e. The van der Waals surface area contributed by atoms with E-state index in [1.165, 1.54) is 0 Å². The number of aromatic carboxylic acids is 12. The molecule has 0 bridgehead atoms. The maximum absolute atomic E-state index is 10.8. The summed E-state index contributed by atoms with van der Waals surface area (Å²) in [7, 11) is 0. The van der Waals surface area contributed by atoms with Crippen molar-refractivity contribution >= 4 is 71.6 Å². The van der Waals surface area contributed by atoms with E-state index in [1.807, 2.05) is 0 Å². The van der Waals surface area contributed by atoms with Crippen LogP contribution >= 0.6 is 0 Å². The molecule has 28 heteroatoms. The third-order valence-corrected chi connectivity index (χ3v) is 6.24. The van der Waals surface area contributed by atoms with Gasteiger partial charge in [0, 0.05) is 149 Å². The summed E-state index contributed by atoms with van der Waals surface area (Å²) in [4.78, 5) is 129. The molecule has 0 spiro atoms. The first-order valence-corrected chi connectivity index (χ1v) is 13.1. The van der Waals surface area contributed by atoms with Crippen molar-refractivity contribution in [2.75, 3.05) is 0 Å². The summed E-state index contributed by atoms with van der Waals surface area (Å²) in [5.74, 6) is -19.9. The summed E-state index contributed by atoms with van der Waals surface area (Å²) in [6.07, 6.45) is 0. The van der Waals surface area contributed by atoms with Gasteiger partial charge >= 0.3 is 71.6 Å². The van der Waals surface area contributed by atoms with Crippen molar-refractivity contribution in [3.05, 3.63) is 103 Å². The van der Waals surface area contributed by atoms with Gasteiger partial charge in [0.2, 0.25) is 0 Å². The molecule has 0 amide bonds. The van der Waals surface area contributed by atoms with E-state index >= 15 is 0 Å². The van der Waals surface area contributed by atoms with E-state index in [2.05, 4.69) is 0 Å². The van der Waals surface area contributed by atoms with E-state index in [4.69, 9.17) is 61.3 Å². The van der Waals surface area contributed by atoms with Crippen LogP contribution in [0.3, 0.4) is 0 Å². The Balaban J connectivity index is -0.000000364. The summed E-state index contributed by atoms with van der Waals surface area (Å²) < 4.78 is 0.